The number of halogens is 2. The summed E-state index contributed by atoms with van der Waals surface area (Å²) in [5.41, 5.74) is 0. The number of hydrogen-bond acceptors (Lipinski definition) is 6. The Hall–Kier alpha value is -1.60. The second kappa shape index (κ2) is 11.7. The Kier molecular flexibility index (Phi) is 9.22. The van der Waals surface area contributed by atoms with E-state index < -0.39 is 16.4 Å². The van der Waals surface area contributed by atoms with Crippen LogP contribution in [0.15, 0.2) is 72.8 Å². The summed E-state index contributed by atoms with van der Waals surface area (Å²) in [7, 11) is 20.3. The average Bonchev–Trinajstić information content (AvgIpc) is 2.85. The molecule has 33 heavy (non-hydrogen) atoms. The van der Waals surface area contributed by atoms with Gasteiger partial charge in [0.15, 0.2) is 0 Å². The van der Waals surface area contributed by atoms with Gasteiger partial charge in [0.25, 0.3) is 0 Å². The predicted molar refractivity (Wildman–Crippen MR) is 133 cm³/mol. The molecule has 0 atom stereocenters. The normalized spacial score (nSPS) is 12.6. The van der Waals surface area contributed by atoms with Gasteiger partial charge in [0.1, 0.15) is 0 Å². The van der Waals surface area contributed by atoms with Crippen LogP contribution in [0.5, 0.6) is 17.2 Å². The van der Waals surface area contributed by atoms with Crippen molar-refractivity contribution in [2.75, 3.05) is 41.7 Å². The van der Waals surface area contributed by atoms with Crippen LogP contribution in [0.3, 0.4) is 0 Å². The molecule has 0 heterocycles. The molecule has 0 N–H and O–H groups in total. The van der Waals surface area contributed by atoms with Crippen molar-refractivity contribution in [3.05, 3.63) is 72.8 Å². The number of hydrogen-bond donors (Lipinski definition) is 0. The third-order valence-corrected chi connectivity index (χ3v) is 28.6. The second-order valence-electron chi connectivity index (χ2n) is 6.96. The minimum absolute atomic E-state index is 0.0420. The zero-order valence-corrected chi connectivity index (χ0v) is 23.7. The fourth-order valence-electron chi connectivity index (χ4n) is 3.47. The third-order valence-electron chi connectivity index (χ3n) is 4.86. The second-order valence-corrected chi connectivity index (χ2v) is 33.0. The molecule has 0 amide bonds. The van der Waals surface area contributed by atoms with Crippen LogP contribution < -0.4 is 24.0 Å². The number of benzene rings is 3. The molecular formula is C24H27BiCl2O6. The van der Waals surface area contributed by atoms with E-state index in [9.17, 15) is 0 Å². The van der Waals surface area contributed by atoms with Gasteiger partial charge in [0.05, 0.1) is 0 Å². The number of para-hydroxylation sites is 3. The van der Waals surface area contributed by atoms with Crippen LogP contribution in [0.1, 0.15) is 0 Å². The summed E-state index contributed by atoms with van der Waals surface area (Å²) >= 11 is -5.57. The van der Waals surface area contributed by atoms with Gasteiger partial charge in [-0.3, -0.25) is 0 Å². The molecule has 0 spiro atoms. The quantitative estimate of drug-likeness (QED) is 0.214. The van der Waals surface area contributed by atoms with E-state index in [4.69, 9.17) is 45.4 Å². The van der Waals surface area contributed by atoms with E-state index in [-0.39, 0.29) is 20.4 Å². The molecule has 0 aliphatic rings. The summed E-state index contributed by atoms with van der Waals surface area (Å²) in [6.07, 6.45) is 0. The van der Waals surface area contributed by atoms with Crippen LogP contribution in [-0.4, -0.2) is 58.1 Å². The first-order valence-electron chi connectivity index (χ1n) is 10.1. The van der Waals surface area contributed by atoms with Crippen LogP contribution in [-0.2, 0) is 14.2 Å². The zero-order valence-electron chi connectivity index (χ0n) is 18.7. The van der Waals surface area contributed by atoms with Crippen molar-refractivity contribution in [1.29, 1.82) is 0 Å². The van der Waals surface area contributed by atoms with Crippen molar-refractivity contribution in [3.63, 3.8) is 0 Å². The van der Waals surface area contributed by atoms with Crippen molar-refractivity contribution >= 4 is 43.2 Å². The Balaban J connectivity index is 2.38. The van der Waals surface area contributed by atoms with E-state index in [1.54, 1.807) is 21.3 Å². The first-order valence-corrected chi connectivity index (χ1v) is 23.8. The summed E-state index contributed by atoms with van der Waals surface area (Å²) in [4.78, 5) is 0. The summed E-state index contributed by atoms with van der Waals surface area (Å²) in [5, 5.41) is 0. The van der Waals surface area contributed by atoms with Gasteiger partial charge in [0.2, 0.25) is 0 Å². The van der Waals surface area contributed by atoms with E-state index in [0.29, 0.717) is 27.1 Å². The van der Waals surface area contributed by atoms with E-state index in [2.05, 4.69) is 0 Å². The summed E-state index contributed by atoms with van der Waals surface area (Å²) in [6.45, 7) is 0.126. The third kappa shape index (κ3) is 5.40. The van der Waals surface area contributed by atoms with Crippen LogP contribution in [0.4, 0.5) is 0 Å². The molecule has 0 aliphatic heterocycles. The first-order chi connectivity index (χ1) is 16.0. The molecule has 3 aromatic rings. The standard InChI is InChI=1S/3C8H9O2.Bi.2ClH/c3*1-9-7-10-8-5-3-2-4-6-8;;;/h3*2-5H,7H2,1H3;;2*1H/q;;;+2;;/p-2. The molecule has 0 aliphatic carbocycles. The molecule has 0 saturated heterocycles. The van der Waals surface area contributed by atoms with Crippen LogP contribution in [0.2, 0.25) is 0 Å². The van der Waals surface area contributed by atoms with Gasteiger partial charge in [-0.2, -0.15) is 0 Å². The maximum atomic E-state index is 7.84. The topological polar surface area (TPSA) is 55.4 Å². The molecule has 0 radical (unpaired) electrons. The Labute approximate surface area is 202 Å². The molecule has 0 aromatic heterocycles. The van der Waals surface area contributed by atoms with Crippen LogP contribution >= 0.6 is 17.0 Å². The van der Waals surface area contributed by atoms with E-state index in [1.807, 2.05) is 72.8 Å². The Morgan fingerprint density at radius 3 is 1.06 bits per heavy atom. The summed E-state index contributed by atoms with van der Waals surface area (Å²) in [6, 6.07) is 22.4. The van der Waals surface area contributed by atoms with Gasteiger partial charge in [-0.25, -0.2) is 0 Å². The molecule has 0 saturated carbocycles. The van der Waals surface area contributed by atoms with Crippen LogP contribution in [0.25, 0.3) is 0 Å². The van der Waals surface area contributed by atoms with E-state index >= 15 is 0 Å². The molecule has 3 rings (SSSR count). The molecule has 178 valence electrons. The minimum atomic E-state index is -5.57. The van der Waals surface area contributed by atoms with Gasteiger partial charge in [-0.1, -0.05) is 0 Å². The maximum absolute atomic E-state index is 7.84. The number of methoxy groups -OCH3 is 3. The molecule has 9 heteroatoms. The van der Waals surface area contributed by atoms with Gasteiger partial charge >= 0.3 is 203 Å². The van der Waals surface area contributed by atoms with Crippen molar-refractivity contribution in [2.24, 2.45) is 0 Å². The predicted octanol–water partition coefficient (Wildman–Crippen LogP) is 3.53. The van der Waals surface area contributed by atoms with Gasteiger partial charge in [-0.05, 0) is 0 Å². The summed E-state index contributed by atoms with van der Waals surface area (Å²) in [5.74, 6) is 1.58. The Bertz CT molecular complexity index is 930. The molecule has 3 aromatic carbocycles. The molecule has 0 unspecified atom stereocenters. The average molecular weight is 691 g/mol. The number of rotatable bonds is 12. The molecular weight excluding hydrogens is 664 g/mol. The summed E-state index contributed by atoms with van der Waals surface area (Å²) < 4.78 is 35.2. The van der Waals surface area contributed by atoms with Crippen molar-refractivity contribution in [3.8, 4) is 17.2 Å². The molecule has 0 fully saturated rings. The van der Waals surface area contributed by atoms with Crippen molar-refractivity contribution in [2.45, 2.75) is 0 Å². The Morgan fingerprint density at radius 1 is 0.515 bits per heavy atom. The fourth-order valence-corrected chi connectivity index (χ4v) is 24.0. The van der Waals surface area contributed by atoms with Crippen molar-refractivity contribution < 1.29 is 28.4 Å². The number of ether oxygens (including phenoxy) is 6. The SMILES string of the molecule is COCOc1cccc[c]1[Bi]([Cl])([Cl])([c]1ccccc1OCOC)[c]1ccccc1OCOC. The fraction of sp³-hybridized carbons (Fsp3) is 0.250. The Morgan fingerprint density at radius 2 is 0.788 bits per heavy atom. The molecule has 0 bridgehead atoms. The van der Waals surface area contributed by atoms with Gasteiger partial charge in [-0.15, -0.1) is 0 Å². The zero-order chi connectivity index (χ0) is 23.8. The monoisotopic (exact) mass is 690 g/mol. The first kappa shape index (κ1) is 26.0. The van der Waals surface area contributed by atoms with E-state index in [0.717, 1.165) is 0 Å². The van der Waals surface area contributed by atoms with Gasteiger partial charge in [0, 0.05) is 0 Å². The van der Waals surface area contributed by atoms with Gasteiger partial charge < -0.3 is 0 Å². The van der Waals surface area contributed by atoms with Crippen molar-refractivity contribution in [1.82, 2.24) is 0 Å². The van der Waals surface area contributed by atoms with Crippen LogP contribution in [0, 0.1) is 0 Å². The van der Waals surface area contributed by atoms with E-state index in [1.165, 1.54) is 0 Å². The molecule has 6 nitrogen and oxygen atoms in total.